The summed E-state index contributed by atoms with van der Waals surface area (Å²) >= 11 is 1.45. The number of benzene rings is 3. The number of rotatable bonds is 6. The van der Waals surface area contributed by atoms with Crippen molar-refractivity contribution in [2.75, 3.05) is 7.11 Å². The summed E-state index contributed by atoms with van der Waals surface area (Å²) in [6, 6.07) is 18.4. The quantitative estimate of drug-likeness (QED) is 0.316. The van der Waals surface area contributed by atoms with Crippen LogP contribution in [0.25, 0.3) is 16.9 Å². The summed E-state index contributed by atoms with van der Waals surface area (Å²) in [7, 11) is 1.46. The number of hydrogen-bond acceptors (Lipinski definition) is 6. The Morgan fingerprint density at radius 3 is 2.57 bits per heavy atom. The van der Waals surface area contributed by atoms with Crippen LogP contribution in [0.4, 0.5) is 10.1 Å². The average Bonchev–Trinajstić information content (AvgIpc) is 3.23. The van der Waals surface area contributed by atoms with E-state index >= 15 is 0 Å². The Hall–Kier alpha value is -3.72. The third kappa shape index (κ3) is 3.87. The van der Waals surface area contributed by atoms with Crippen molar-refractivity contribution < 1.29 is 14.1 Å². The Morgan fingerprint density at radius 1 is 1.07 bits per heavy atom. The number of methoxy groups -OCH3 is 1. The largest absolute Gasteiger partial charge is 0.494 e. The molecule has 3 aromatic carbocycles. The third-order valence-corrected chi connectivity index (χ3v) is 5.41. The van der Waals surface area contributed by atoms with Gasteiger partial charge in [0.25, 0.3) is 5.69 Å². The zero-order valence-electron chi connectivity index (χ0n) is 15.7. The summed E-state index contributed by atoms with van der Waals surface area (Å²) in [5.74, 6) is -0.126. The lowest BCUT2D eigenvalue weighted by atomic mass is 10.2. The highest BCUT2D eigenvalue weighted by molar-refractivity contribution is 7.99. The van der Waals surface area contributed by atoms with Crippen molar-refractivity contribution in [2.24, 2.45) is 0 Å². The topological polar surface area (TPSA) is 83.1 Å². The Balaban J connectivity index is 1.68. The van der Waals surface area contributed by atoms with Crippen LogP contribution in [0, 0.1) is 15.9 Å². The zero-order valence-corrected chi connectivity index (χ0v) is 16.5. The van der Waals surface area contributed by atoms with Gasteiger partial charge in [-0.1, -0.05) is 41.2 Å². The molecule has 0 unspecified atom stereocenters. The zero-order chi connectivity index (χ0) is 21.1. The molecule has 1 aromatic heterocycles. The average molecular weight is 422 g/mol. The summed E-state index contributed by atoms with van der Waals surface area (Å²) < 4.78 is 21.0. The molecule has 1 heterocycles. The minimum absolute atomic E-state index is 0.0365. The number of ether oxygens (including phenoxy) is 1. The highest BCUT2D eigenvalue weighted by atomic mass is 32.2. The molecule has 0 spiro atoms. The first kappa shape index (κ1) is 19.6. The second-order valence-electron chi connectivity index (χ2n) is 6.19. The van der Waals surface area contributed by atoms with Gasteiger partial charge in [-0.15, -0.1) is 5.10 Å². The van der Waals surface area contributed by atoms with Crippen LogP contribution < -0.4 is 4.74 Å². The van der Waals surface area contributed by atoms with Crippen LogP contribution in [-0.4, -0.2) is 27.0 Å². The Labute approximate surface area is 175 Å². The van der Waals surface area contributed by atoms with Crippen molar-refractivity contribution in [1.29, 1.82) is 0 Å². The van der Waals surface area contributed by atoms with Gasteiger partial charge in [0, 0.05) is 27.5 Å². The standard InChI is InChI=1S/C21H15FN4O3S/c1-29-19-7-4-6-17(22)21(19)25-13-18(23-24-25)16-5-2-3-8-20(16)30-15-11-9-14(10-12-15)26(27)28/h2-13H,1H3. The minimum atomic E-state index is -0.473. The van der Waals surface area contributed by atoms with E-state index < -0.39 is 10.7 Å². The maximum atomic E-state index is 14.4. The molecule has 0 bridgehead atoms. The van der Waals surface area contributed by atoms with Gasteiger partial charge < -0.3 is 4.74 Å². The van der Waals surface area contributed by atoms with Crippen LogP contribution in [-0.2, 0) is 0 Å². The van der Waals surface area contributed by atoms with E-state index in [9.17, 15) is 14.5 Å². The van der Waals surface area contributed by atoms with Gasteiger partial charge in [-0.25, -0.2) is 9.07 Å². The van der Waals surface area contributed by atoms with Crippen LogP contribution in [0.1, 0.15) is 0 Å². The fourth-order valence-corrected chi connectivity index (χ4v) is 3.86. The first-order valence-corrected chi connectivity index (χ1v) is 9.65. The van der Waals surface area contributed by atoms with Gasteiger partial charge in [-0.2, -0.15) is 0 Å². The van der Waals surface area contributed by atoms with E-state index in [-0.39, 0.29) is 11.4 Å². The van der Waals surface area contributed by atoms with Crippen LogP contribution in [0.2, 0.25) is 0 Å². The first-order valence-electron chi connectivity index (χ1n) is 8.84. The summed E-state index contributed by atoms with van der Waals surface area (Å²) in [6.45, 7) is 0. The molecule has 0 aliphatic heterocycles. The summed E-state index contributed by atoms with van der Waals surface area (Å²) in [6.07, 6.45) is 1.64. The lowest BCUT2D eigenvalue weighted by Gasteiger charge is -2.08. The number of halogens is 1. The lowest BCUT2D eigenvalue weighted by molar-refractivity contribution is -0.384. The summed E-state index contributed by atoms with van der Waals surface area (Å²) in [5.41, 5.74) is 1.58. The maximum Gasteiger partial charge on any atom is 0.269 e. The fraction of sp³-hybridized carbons (Fsp3) is 0.0476. The van der Waals surface area contributed by atoms with Crippen molar-refractivity contribution in [3.05, 3.63) is 88.9 Å². The molecule has 0 aliphatic carbocycles. The van der Waals surface area contributed by atoms with Crippen LogP contribution in [0.3, 0.4) is 0 Å². The molecule has 0 radical (unpaired) electrons. The van der Waals surface area contributed by atoms with Gasteiger partial charge in [-0.05, 0) is 30.3 Å². The number of nitro benzene ring substituents is 1. The van der Waals surface area contributed by atoms with Crippen LogP contribution >= 0.6 is 11.8 Å². The monoisotopic (exact) mass is 422 g/mol. The fourth-order valence-electron chi connectivity index (χ4n) is 2.91. The van der Waals surface area contributed by atoms with E-state index in [1.807, 2.05) is 24.3 Å². The predicted molar refractivity (Wildman–Crippen MR) is 111 cm³/mol. The molecule has 150 valence electrons. The highest BCUT2D eigenvalue weighted by Gasteiger charge is 2.16. The Kier molecular flexibility index (Phi) is 5.44. The SMILES string of the molecule is COc1cccc(F)c1-n1cc(-c2ccccc2Sc2ccc([N+](=O)[O-])cc2)nn1. The van der Waals surface area contributed by atoms with Crippen molar-refractivity contribution in [3.8, 4) is 22.7 Å². The molecular weight excluding hydrogens is 407 g/mol. The number of aromatic nitrogens is 3. The second kappa shape index (κ2) is 8.34. The van der Waals surface area contributed by atoms with E-state index in [0.29, 0.717) is 11.4 Å². The molecule has 0 fully saturated rings. The molecule has 30 heavy (non-hydrogen) atoms. The third-order valence-electron chi connectivity index (χ3n) is 4.33. The normalized spacial score (nSPS) is 10.7. The molecule has 0 aliphatic rings. The van der Waals surface area contributed by atoms with Gasteiger partial charge in [0.1, 0.15) is 17.1 Å². The van der Waals surface area contributed by atoms with E-state index in [4.69, 9.17) is 4.74 Å². The first-order chi connectivity index (χ1) is 14.6. The van der Waals surface area contributed by atoms with E-state index in [2.05, 4.69) is 10.3 Å². The molecule has 4 aromatic rings. The number of nitrogens with zero attached hydrogens (tertiary/aromatic N) is 4. The van der Waals surface area contributed by atoms with Gasteiger partial charge in [0.05, 0.1) is 18.2 Å². The van der Waals surface area contributed by atoms with Crippen molar-refractivity contribution in [1.82, 2.24) is 15.0 Å². The van der Waals surface area contributed by atoms with E-state index in [1.165, 1.54) is 41.8 Å². The molecule has 7 nitrogen and oxygen atoms in total. The van der Waals surface area contributed by atoms with Gasteiger partial charge in [-0.3, -0.25) is 10.1 Å². The lowest BCUT2D eigenvalue weighted by Crippen LogP contribution is -2.01. The highest BCUT2D eigenvalue weighted by Crippen LogP contribution is 2.36. The number of non-ortho nitro benzene ring substituents is 1. The minimum Gasteiger partial charge on any atom is -0.494 e. The van der Waals surface area contributed by atoms with Crippen LogP contribution in [0.15, 0.2) is 82.7 Å². The molecular formula is C21H15FN4O3S. The molecule has 0 saturated heterocycles. The van der Waals surface area contributed by atoms with Crippen LogP contribution in [0.5, 0.6) is 5.75 Å². The Bertz CT molecular complexity index is 1210. The molecule has 9 heteroatoms. The summed E-state index contributed by atoms with van der Waals surface area (Å²) in [4.78, 5) is 12.1. The number of hydrogen-bond donors (Lipinski definition) is 0. The van der Waals surface area contributed by atoms with Crippen molar-refractivity contribution in [2.45, 2.75) is 9.79 Å². The van der Waals surface area contributed by atoms with Gasteiger partial charge in [0.2, 0.25) is 0 Å². The van der Waals surface area contributed by atoms with Crippen molar-refractivity contribution in [3.63, 3.8) is 0 Å². The molecule has 4 rings (SSSR count). The number of para-hydroxylation sites is 1. The number of nitro groups is 1. The molecule has 0 saturated carbocycles. The molecule has 0 amide bonds. The maximum absolute atomic E-state index is 14.4. The van der Waals surface area contributed by atoms with E-state index in [0.717, 1.165) is 15.4 Å². The van der Waals surface area contributed by atoms with Crippen molar-refractivity contribution >= 4 is 17.4 Å². The molecule has 0 N–H and O–H groups in total. The Morgan fingerprint density at radius 2 is 1.83 bits per heavy atom. The summed E-state index contributed by atoms with van der Waals surface area (Å²) in [5, 5.41) is 19.1. The predicted octanol–water partition coefficient (Wildman–Crippen LogP) is 5.14. The van der Waals surface area contributed by atoms with E-state index in [1.54, 1.807) is 30.5 Å². The smallest absolute Gasteiger partial charge is 0.269 e. The van der Waals surface area contributed by atoms with Gasteiger partial charge in [0.15, 0.2) is 5.82 Å². The molecule has 0 atom stereocenters. The second-order valence-corrected chi connectivity index (χ2v) is 7.30. The van der Waals surface area contributed by atoms with Gasteiger partial charge >= 0.3 is 0 Å².